The van der Waals surface area contributed by atoms with Crippen molar-refractivity contribution < 1.29 is 32.3 Å². The topological polar surface area (TPSA) is 126 Å². The van der Waals surface area contributed by atoms with Crippen molar-refractivity contribution in [2.24, 2.45) is 0 Å². The number of ether oxygens (including phenoxy) is 2. The fraction of sp³-hybridized carbons (Fsp3) is 0.458. The van der Waals surface area contributed by atoms with Crippen molar-refractivity contribution >= 4 is 44.1 Å². The molecule has 202 valence electrons. The lowest BCUT2D eigenvalue weighted by Gasteiger charge is -2.27. The van der Waals surface area contributed by atoms with Gasteiger partial charge in [-0.1, -0.05) is 0 Å². The zero-order valence-electron chi connectivity index (χ0n) is 21.6. The fourth-order valence-corrected chi connectivity index (χ4v) is 5.76. The summed E-state index contributed by atoms with van der Waals surface area (Å²) < 4.78 is 36.5. The molecule has 0 bridgehead atoms. The summed E-state index contributed by atoms with van der Waals surface area (Å²) in [4.78, 5) is 43.1. The van der Waals surface area contributed by atoms with E-state index in [1.54, 1.807) is 21.0 Å². The normalized spacial score (nSPS) is 14.4. The number of morpholine rings is 1. The molecule has 2 amide bonds. The second kappa shape index (κ2) is 12.1. The van der Waals surface area contributed by atoms with Gasteiger partial charge in [0.25, 0.3) is 11.8 Å². The maximum Gasteiger partial charge on any atom is 0.341 e. The Balaban J connectivity index is 2.01. The first-order valence-corrected chi connectivity index (χ1v) is 13.9. The third-order valence-electron chi connectivity index (χ3n) is 5.69. The van der Waals surface area contributed by atoms with E-state index in [-0.39, 0.29) is 33.5 Å². The molecule has 1 saturated heterocycles. The number of nitrogens with zero attached hydrogens (tertiary/aromatic N) is 3. The van der Waals surface area contributed by atoms with Gasteiger partial charge in [-0.2, -0.15) is 0 Å². The van der Waals surface area contributed by atoms with Crippen molar-refractivity contribution in [1.82, 2.24) is 14.1 Å². The minimum atomic E-state index is -3.65. The molecule has 11 nitrogen and oxygen atoms in total. The van der Waals surface area contributed by atoms with E-state index in [0.29, 0.717) is 43.3 Å². The predicted molar refractivity (Wildman–Crippen MR) is 140 cm³/mol. The summed E-state index contributed by atoms with van der Waals surface area (Å²) in [5, 5.41) is 2.94. The molecular formula is C24H32N4O7S2. The lowest BCUT2D eigenvalue weighted by molar-refractivity contribution is 0.0336. The zero-order valence-corrected chi connectivity index (χ0v) is 23.2. The van der Waals surface area contributed by atoms with Crippen LogP contribution in [-0.2, 0) is 26.0 Å². The van der Waals surface area contributed by atoms with Crippen LogP contribution in [0.2, 0.25) is 0 Å². The first-order chi connectivity index (χ1) is 17.5. The molecule has 0 spiro atoms. The van der Waals surface area contributed by atoms with E-state index in [4.69, 9.17) is 9.47 Å². The van der Waals surface area contributed by atoms with Crippen LogP contribution < -0.4 is 5.32 Å². The SMILES string of the molecule is CCOC(=O)c1c(NC(=O)c2ccc(S(=O)(=O)N(C)C)cc2)sc(C(=O)N(C)C)c1CN1CCOCC1. The molecular weight excluding hydrogens is 520 g/mol. The third kappa shape index (κ3) is 6.54. The summed E-state index contributed by atoms with van der Waals surface area (Å²) in [6.07, 6.45) is 0. The van der Waals surface area contributed by atoms with Gasteiger partial charge >= 0.3 is 5.97 Å². The summed E-state index contributed by atoms with van der Waals surface area (Å²) in [7, 11) is 2.43. The molecule has 0 radical (unpaired) electrons. The van der Waals surface area contributed by atoms with Crippen LogP contribution in [0, 0.1) is 0 Å². The molecule has 13 heteroatoms. The lowest BCUT2D eigenvalue weighted by Crippen LogP contribution is -2.36. The number of nitrogens with one attached hydrogen (secondary N) is 1. The Hall–Kier alpha value is -2.84. The Morgan fingerprint density at radius 1 is 1.08 bits per heavy atom. The molecule has 0 unspecified atom stereocenters. The van der Waals surface area contributed by atoms with E-state index in [9.17, 15) is 22.8 Å². The Kier molecular flexibility index (Phi) is 9.42. The van der Waals surface area contributed by atoms with Gasteiger partial charge in [-0.15, -0.1) is 11.3 Å². The van der Waals surface area contributed by atoms with Crippen molar-refractivity contribution in [2.75, 3.05) is 66.4 Å². The first kappa shape index (κ1) is 28.7. The summed E-state index contributed by atoms with van der Waals surface area (Å²) in [5.74, 6) is -1.48. The number of sulfonamides is 1. The fourth-order valence-electron chi connectivity index (χ4n) is 3.65. The molecule has 0 atom stereocenters. The second-order valence-corrected chi connectivity index (χ2v) is 11.9. The Labute approximate surface area is 221 Å². The predicted octanol–water partition coefficient (Wildman–Crippen LogP) is 1.96. The van der Waals surface area contributed by atoms with E-state index in [0.717, 1.165) is 15.6 Å². The Morgan fingerprint density at radius 3 is 2.24 bits per heavy atom. The van der Waals surface area contributed by atoms with Gasteiger partial charge < -0.3 is 19.7 Å². The van der Waals surface area contributed by atoms with Gasteiger partial charge in [-0.3, -0.25) is 14.5 Å². The molecule has 2 heterocycles. The lowest BCUT2D eigenvalue weighted by atomic mass is 10.1. The Morgan fingerprint density at radius 2 is 1.70 bits per heavy atom. The van der Waals surface area contributed by atoms with Crippen LogP contribution in [0.15, 0.2) is 29.2 Å². The van der Waals surface area contributed by atoms with Crippen molar-refractivity contribution in [3.8, 4) is 0 Å². The largest absolute Gasteiger partial charge is 0.462 e. The van der Waals surface area contributed by atoms with Crippen molar-refractivity contribution in [2.45, 2.75) is 18.4 Å². The van der Waals surface area contributed by atoms with Gasteiger partial charge in [0.15, 0.2) is 0 Å². The standard InChI is InChI=1S/C24H32N4O7S2/c1-6-35-24(31)19-18(15-28-11-13-34-14-12-28)20(23(30)26(2)3)36-22(19)25-21(29)16-7-9-17(10-8-16)37(32,33)27(4)5/h7-10H,6,11-15H2,1-5H3,(H,25,29). The van der Waals surface area contributed by atoms with Gasteiger partial charge in [0.1, 0.15) is 5.00 Å². The molecule has 1 aliphatic heterocycles. The maximum absolute atomic E-state index is 13.1. The van der Waals surface area contributed by atoms with E-state index >= 15 is 0 Å². The zero-order chi connectivity index (χ0) is 27.3. The molecule has 0 saturated carbocycles. The molecule has 2 aromatic rings. The monoisotopic (exact) mass is 552 g/mol. The highest BCUT2D eigenvalue weighted by Gasteiger charge is 2.31. The van der Waals surface area contributed by atoms with Crippen LogP contribution in [0.4, 0.5) is 5.00 Å². The van der Waals surface area contributed by atoms with Crippen LogP contribution in [0.5, 0.6) is 0 Å². The molecule has 0 aliphatic carbocycles. The number of hydrogen-bond acceptors (Lipinski definition) is 9. The summed E-state index contributed by atoms with van der Waals surface area (Å²) in [5.41, 5.74) is 0.826. The molecule has 1 fully saturated rings. The highest BCUT2D eigenvalue weighted by atomic mass is 32.2. The van der Waals surface area contributed by atoms with Crippen LogP contribution in [0.25, 0.3) is 0 Å². The van der Waals surface area contributed by atoms with Crippen molar-refractivity contribution in [3.63, 3.8) is 0 Å². The second-order valence-electron chi connectivity index (χ2n) is 8.69. The summed E-state index contributed by atoms with van der Waals surface area (Å²) in [6.45, 7) is 4.47. The maximum atomic E-state index is 13.1. The summed E-state index contributed by atoms with van der Waals surface area (Å²) >= 11 is 1.02. The molecule has 1 aromatic heterocycles. The summed E-state index contributed by atoms with van der Waals surface area (Å²) in [6, 6.07) is 5.47. The van der Waals surface area contributed by atoms with Crippen LogP contribution in [0.1, 0.15) is 42.9 Å². The molecule has 1 aliphatic rings. The Bertz CT molecular complexity index is 1250. The number of benzene rings is 1. The van der Waals surface area contributed by atoms with Crippen molar-refractivity contribution in [3.05, 3.63) is 45.8 Å². The number of rotatable bonds is 9. The highest BCUT2D eigenvalue weighted by molar-refractivity contribution is 7.89. The first-order valence-electron chi connectivity index (χ1n) is 11.7. The van der Waals surface area contributed by atoms with Gasteiger partial charge in [0.05, 0.1) is 35.2 Å². The number of esters is 1. The van der Waals surface area contributed by atoms with Gasteiger partial charge in [0.2, 0.25) is 10.0 Å². The number of thiophene rings is 1. The third-order valence-corrected chi connectivity index (χ3v) is 8.66. The van der Waals surface area contributed by atoms with E-state index in [1.165, 1.54) is 43.3 Å². The number of carbonyl (C=O) groups excluding carboxylic acids is 3. The minimum absolute atomic E-state index is 0.0454. The number of hydrogen-bond donors (Lipinski definition) is 1. The van der Waals surface area contributed by atoms with Crippen LogP contribution in [-0.4, -0.2) is 101 Å². The van der Waals surface area contributed by atoms with Gasteiger partial charge in [-0.25, -0.2) is 17.5 Å². The molecule has 37 heavy (non-hydrogen) atoms. The number of amides is 2. The number of carbonyl (C=O) groups is 3. The molecule has 1 aromatic carbocycles. The van der Waals surface area contributed by atoms with Gasteiger partial charge in [-0.05, 0) is 31.2 Å². The van der Waals surface area contributed by atoms with Gasteiger partial charge in [0, 0.05) is 59.0 Å². The van der Waals surface area contributed by atoms with Crippen LogP contribution >= 0.6 is 11.3 Å². The smallest absolute Gasteiger partial charge is 0.341 e. The van der Waals surface area contributed by atoms with E-state index in [2.05, 4.69) is 10.2 Å². The average Bonchev–Trinajstić information content (AvgIpc) is 3.21. The minimum Gasteiger partial charge on any atom is -0.462 e. The number of anilines is 1. The van der Waals surface area contributed by atoms with Crippen molar-refractivity contribution in [1.29, 1.82) is 0 Å². The van der Waals surface area contributed by atoms with E-state index < -0.39 is 21.9 Å². The van der Waals surface area contributed by atoms with Crippen LogP contribution in [0.3, 0.4) is 0 Å². The van der Waals surface area contributed by atoms with E-state index in [1.807, 2.05) is 0 Å². The average molecular weight is 553 g/mol. The molecule has 1 N–H and O–H groups in total. The molecule has 3 rings (SSSR count). The highest BCUT2D eigenvalue weighted by Crippen LogP contribution is 2.36. The quantitative estimate of drug-likeness (QED) is 0.468.